The Morgan fingerprint density at radius 3 is 2.35 bits per heavy atom. The minimum absolute atomic E-state index is 0.431. The quantitative estimate of drug-likeness (QED) is 0.908. The van der Waals surface area contributed by atoms with Crippen LogP contribution in [0.1, 0.15) is 19.5 Å². The van der Waals surface area contributed by atoms with E-state index in [2.05, 4.69) is 20.3 Å². The van der Waals surface area contributed by atoms with Crippen LogP contribution in [-0.2, 0) is 5.54 Å². The molecule has 0 spiro atoms. The zero-order valence-electron chi connectivity index (χ0n) is 9.68. The lowest BCUT2D eigenvalue weighted by Crippen LogP contribution is -2.30. The summed E-state index contributed by atoms with van der Waals surface area (Å²) in [5, 5.41) is 3.83. The highest BCUT2D eigenvalue weighted by atomic mass is 35.5. The number of rotatable bonds is 3. The maximum absolute atomic E-state index is 6.13. The Kier molecular flexibility index (Phi) is 3.24. The molecule has 0 aliphatic rings. The van der Waals surface area contributed by atoms with Crippen molar-refractivity contribution in [2.24, 2.45) is 0 Å². The summed E-state index contributed by atoms with van der Waals surface area (Å²) in [6, 6.07) is 5.39. The van der Waals surface area contributed by atoms with E-state index in [-0.39, 0.29) is 0 Å². The van der Waals surface area contributed by atoms with Crippen molar-refractivity contribution < 1.29 is 0 Å². The van der Waals surface area contributed by atoms with E-state index in [1.54, 1.807) is 30.7 Å². The molecule has 0 bridgehead atoms. The molecule has 0 amide bonds. The fraction of sp³-hybridized carbons (Fsp3) is 0.250. The van der Waals surface area contributed by atoms with Crippen LogP contribution in [0.25, 0.3) is 0 Å². The second kappa shape index (κ2) is 4.67. The first kappa shape index (κ1) is 11.8. The van der Waals surface area contributed by atoms with Crippen molar-refractivity contribution in [1.82, 2.24) is 15.0 Å². The van der Waals surface area contributed by atoms with Gasteiger partial charge in [0.05, 0.1) is 16.3 Å². The molecular weight excluding hydrogens is 236 g/mol. The van der Waals surface area contributed by atoms with Crippen LogP contribution in [0.2, 0.25) is 5.02 Å². The summed E-state index contributed by atoms with van der Waals surface area (Å²) in [5.74, 6) is 0.555. The standard InChI is InChI=1S/C12H13ClN4/c1-12(2,10-9(13)5-3-6-14-10)17-11-15-7-4-8-16-11/h3-8H,1-2H3,(H,15,16,17). The van der Waals surface area contributed by atoms with E-state index in [0.29, 0.717) is 11.0 Å². The van der Waals surface area contributed by atoms with Crippen LogP contribution in [0.4, 0.5) is 5.95 Å². The van der Waals surface area contributed by atoms with Gasteiger partial charge < -0.3 is 5.32 Å². The van der Waals surface area contributed by atoms with E-state index in [0.717, 1.165) is 5.69 Å². The molecule has 0 atom stereocenters. The Labute approximate surface area is 105 Å². The van der Waals surface area contributed by atoms with Gasteiger partial charge in [-0.15, -0.1) is 0 Å². The molecule has 0 saturated carbocycles. The highest BCUT2D eigenvalue weighted by molar-refractivity contribution is 6.31. The molecule has 0 radical (unpaired) electrons. The Bertz CT molecular complexity index is 499. The summed E-state index contributed by atoms with van der Waals surface area (Å²) in [6.45, 7) is 3.97. The summed E-state index contributed by atoms with van der Waals surface area (Å²) in [7, 11) is 0. The summed E-state index contributed by atoms with van der Waals surface area (Å²) in [6.07, 6.45) is 5.09. The Hall–Kier alpha value is -1.68. The minimum atomic E-state index is -0.431. The van der Waals surface area contributed by atoms with Crippen molar-refractivity contribution >= 4 is 17.5 Å². The molecule has 1 N–H and O–H groups in total. The molecule has 2 rings (SSSR count). The molecule has 0 fully saturated rings. The van der Waals surface area contributed by atoms with Crippen LogP contribution in [0, 0.1) is 0 Å². The van der Waals surface area contributed by atoms with E-state index in [4.69, 9.17) is 11.6 Å². The van der Waals surface area contributed by atoms with Crippen molar-refractivity contribution in [1.29, 1.82) is 0 Å². The van der Waals surface area contributed by atoms with Crippen molar-refractivity contribution in [2.45, 2.75) is 19.4 Å². The van der Waals surface area contributed by atoms with Gasteiger partial charge in [-0.05, 0) is 32.0 Å². The third-order valence-electron chi connectivity index (χ3n) is 2.34. The molecule has 2 aromatic rings. The molecule has 0 aromatic carbocycles. The first-order chi connectivity index (χ1) is 8.09. The van der Waals surface area contributed by atoms with Gasteiger partial charge in [-0.25, -0.2) is 9.97 Å². The highest BCUT2D eigenvalue weighted by Crippen LogP contribution is 2.27. The zero-order chi connectivity index (χ0) is 12.3. The number of hydrogen-bond donors (Lipinski definition) is 1. The molecular formula is C12H13ClN4. The number of nitrogens with zero attached hydrogens (tertiary/aromatic N) is 3. The SMILES string of the molecule is CC(C)(Nc1ncccn1)c1ncccc1Cl. The van der Waals surface area contributed by atoms with Crippen LogP contribution >= 0.6 is 11.6 Å². The highest BCUT2D eigenvalue weighted by Gasteiger charge is 2.25. The fourth-order valence-corrected chi connectivity index (χ4v) is 1.91. The number of halogens is 1. The van der Waals surface area contributed by atoms with Gasteiger partial charge in [0.25, 0.3) is 0 Å². The number of pyridine rings is 1. The fourth-order valence-electron chi connectivity index (χ4n) is 1.55. The normalized spacial score (nSPS) is 11.2. The van der Waals surface area contributed by atoms with Crippen LogP contribution < -0.4 is 5.32 Å². The molecule has 2 heterocycles. The molecule has 0 saturated heterocycles. The van der Waals surface area contributed by atoms with Gasteiger partial charge in [-0.2, -0.15) is 0 Å². The number of nitrogens with one attached hydrogen (secondary N) is 1. The van der Waals surface area contributed by atoms with E-state index >= 15 is 0 Å². The minimum Gasteiger partial charge on any atom is -0.344 e. The van der Waals surface area contributed by atoms with Crippen LogP contribution in [0.15, 0.2) is 36.8 Å². The number of hydrogen-bond acceptors (Lipinski definition) is 4. The molecule has 0 unspecified atom stereocenters. The third-order valence-corrected chi connectivity index (χ3v) is 2.65. The molecule has 4 nitrogen and oxygen atoms in total. The van der Waals surface area contributed by atoms with Gasteiger partial charge in [0, 0.05) is 18.6 Å². The van der Waals surface area contributed by atoms with Crippen molar-refractivity contribution in [2.75, 3.05) is 5.32 Å². The predicted molar refractivity (Wildman–Crippen MR) is 67.9 cm³/mol. The average molecular weight is 249 g/mol. The maximum Gasteiger partial charge on any atom is 0.223 e. The number of aromatic nitrogens is 3. The maximum atomic E-state index is 6.13. The Balaban J connectivity index is 2.28. The Morgan fingerprint density at radius 2 is 1.71 bits per heavy atom. The van der Waals surface area contributed by atoms with Crippen molar-refractivity contribution in [3.05, 3.63) is 47.5 Å². The lowest BCUT2D eigenvalue weighted by atomic mass is 10.00. The first-order valence-corrected chi connectivity index (χ1v) is 5.63. The average Bonchev–Trinajstić information content (AvgIpc) is 2.30. The van der Waals surface area contributed by atoms with Gasteiger partial charge in [-0.3, -0.25) is 4.98 Å². The van der Waals surface area contributed by atoms with Gasteiger partial charge in [0.2, 0.25) is 5.95 Å². The van der Waals surface area contributed by atoms with Gasteiger partial charge in [0.1, 0.15) is 0 Å². The van der Waals surface area contributed by atoms with Crippen LogP contribution in [-0.4, -0.2) is 15.0 Å². The monoisotopic (exact) mass is 248 g/mol. The largest absolute Gasteiger partial charge is 0.344 e. The summed E-state index contributed by atoms with van der Waals surface area (Å²) in [5.41, 5.74) is 0.341. The van der Waals surface area contributed by atoms with E-state index < -0.39 is 5.54 Å². The molecule has 17 heavy (non-hydrogen) atoms. The van der Waals surface area contributed by atoms with Gasteiger partial charge in [-0.1, -0.05) is 11.6 Å². The molecule has 5 heteroatoms. The second-order valence-corrected chi connectivity index (χ2v) is 4.56. The van der Waals surface area contributed by atoms with Crippen molar-refractivity contribution in [3.8, 4) is 0 Å². The summed E-state index contributed by atoms with van der Waals surface area (Å²) in [4.78, 5) is 12.5. The van der Waals surface area contributed by atoms with Crippen LogP contribution in [0.5, 0.6) is 0 Å². The second-order valence-electron chi connectivity index (χ2n) is 4.16. The van der Waals surface area contributed by atoms with Crippen molar-refractivity contribution in [3.63, 3.8) is 0 Å². The lowest BCUT2D eigenvalue weighted by Gasteiger charge is -2.26. The Morgan fingerprint density at radius 1 is 1.06 bits per heavy atom. The van der Waals surface area contributed by atoms with E-state index in [1.165, 1.54) is 0 Å². The number of anilines is 1. The third kappa shape index (κ3) is 2.71. The first-order valence-electron chi connectivity index (χ1n) is 5.26. The topological polar surface area (TPSA) is 50.7 Å². The summed E-state index contributed by atoms with van der Waals surface area (Å²) >= 11 is 6.13. The molecule has 88 valence electrons. The molecule has 2 aromatic heterocycles. The zero-order valence-corrected chi connectivity index (χ0v) is 10.4. The molecule has 0 aliphatic carbocycles. The van der Waals surface area contributed by atoms with Gasteiger partial charge >= 0.3 is 0 Å². The van der Waals surface area contributed by atoms with E-state index in [9.17, 15) is 0 Å². The van der Waals surface area contributed by atoms with E-state index in [1.807, 2.05) is 19.9 Å². The molecule has 0 aliphatic heterocycles. The van der Waals surface area contributed by atoms with Gasteiger partial charge in [0.15, 0.2) is 0 Å². The summed E-state index contributed by atoms with van der Waals surface area (Å²) < 4.78 is 0. The van der Waals surface area contributed by atoms with Crippen LogP contribution in [0.3, 0.4) is 0 Å². The smallest absolute Gasteiger partial charge is 0.223 e. The predicted octanol–water partition coefficient (Wildman–Crippen LogP) is 2.87. The lowest BCUT2D eigenvalue weighted by molar-refractivity contribution is 0.581.